The molecule has 0 radical (unpaired) electrons. The minimum absolute atomic E-state index is 0.164. The number of piperidine rings is 1. The number of benzene rings is 1. The smallest absolute Gasteiger partial charge is 0.310 e. The van der Waals surface area contributed by atoms with Gasteiger partial charge in [-0.05, 0) is 44.4 Å². The average Bonchev–Trinajstić information content (AvgIpc) is 2.70. The number of nitrogen functional groups attached to an aromatic ring is 1. The molecule has 8 heteroatoms. The number of esters is 1. The van der Waals surface area contributed by atoms with Gasteiger partial charge in [0.2, 0.25) is 0 Å². The van der Waals surface area contributed by atoms with Crippen molar-refractivity contribution in [2.45, 2.75) is 26.7 Å². The second-order valence-electron chi connectivity index (χ2n) is 6.83. The van der Waals surface area contributed by atoms with E-state index in [1.165, 1.54) is 6.33 Å². The summed E-state index contributed by atoms with van der Waals surface area (Å²) in [5.41, 5.74) is 8.69. The summed E-state index contributed by atoms with van der Waals surface area (Å²) in [6.07, 6.45) is 3.16. The van der Waals surface area contributed by atoms with Crippen molar-refractivity contribution >= 4 is 29.0 Å². The van der Waals surface area contributed by atoms with Crippen LogP contribution in [0.1, 0.15) is 25.3 Å². The Kier molecular flexibility index (Phi) is 6.18. The fourth-order valence-electron chi connectivity index (χ4n) is 3.41. The van der Waals surface area contributed by atoms with Gasteiger partial charge in [0.05, 0.1) is 25.3 Å². The molecule has 1 fully saturated rings. The number of nitrogens with zero attached hydrogens (tertiary/aromatic N) is 3. The monoisotopic (exact) mass is 385 g/mol. The molecule has 1 saturated heterocycles. The molecule has 0 spiro atoms. The summed E-state index contributed by atoms with van der Waals surface area (Å²) < 4.78 is 10.6. The minimum Gasteiger partial charge on any atom is -0.495 e. The normalized spacial score (nSPS) is 16.5. The topological polar surface area (TPSA) is 103 Å². The highest BCUT2D eigenvalue weighted by Crippen LogP contribution is 2.34. The van der Waals surface area contributed by atoms with Crippen LogP contribution in [-0.4, -0.2) is 42.7 Å². The molecule has 150 valence electrons. The lowest BCUT2D eigenvalue weighted by Gasteiger charge is -2.33. The van der Waals surface area contributed by atoms with Crippen LogP contribution in [0, 0.1) is 12.8 Å². The molecule has 2 aromatic rings. The van der Waals surface area contributed by atoms with Crippen LogP contribution in [0.4, 0.5) is 23.0 Å². The standard InChI is InChI=1S/C20H27N5O3/c1-4-28-20(26)14-6-5-9-25(11-14)19-17(21)18(22-12-23-19)24-15-10-13(2)7-8-16(15)27-3/h7-8,10,12,14H,4-6,9,11,21H2,1-3H3,(H,22,23,24). The summed E-state index contributed by atoms with van der Waals surface area (Å²) in [5, 5.41) is 3.25. The van der Waals surface area contributed by atoms with Crippen molar-refractivity contribution in [3.05, 3.63) is 30.1 Å². The Morgan fingerprint density at radius 1 is 1.39 bits per heavy atom. The summed E-state index contributed by atoms with van der Waals surface area (Å²) in [6.45, 7) is 5.52. The van der Waals surface area contributed by atoms with Crippen molar-refractivity contribution in [3.63, 3.8) is 0 Å². The van der Waals surface area contributed by atoms with Crippen LogP contribution < -0.4 is 20.7 Å². The first-order chi connectivity index (χ1) is 13.5. The molecule has 1 atom stereocenters. The van der Waals surface area contributed by atoms with Gasteiger partial charge in [-0.15, -0.1) is 0 Å². The first kappa shape index (κ1) is 19.7. The Labute approximate surface area is 165 Å². The van der Waals surface area contributed by atoms with Gasteiger partial charge in [0.25, 0.3) is 0 Å². The Morgan fingerprint density at radius 2 is 2.21 bits per heavy atom. The van der Waals surface area contributed by atoms with E-state index in [0.717, 1.165) is 30.6 Å². The summed E-state index contributed by atoms with van der Waals surface area (Å²) in [5.74, 6) is 1.50. The lowest BCUT2D eigenvalue weighted by atomic mass is 9.98. The van der Waals surface area contributed by atoms with E-state index in [9.17, 15) is 4.79 Å². The van der Waals surface area contributed by atoms with Gasteiger partial charge in [-0.2, -0.15) is 0 Å². The summed E-state index contributed by atoms with van der Waals surface area (Å²) in [6, 6.07) is 5.84. The average molecular weight is 385 g/mol. The third-order valence-corrected chi connectivity index (χ3v) is 4.81. The lowest BCUT2D eigenvalue weighted by molar-refractivity contribution is -0.148. The molecular weight excluding hydrogens is 358 g/mol. The lowest BCUT2D eigenvalue weighted by Crippen LogP contribution is -2.40. The van der Waals surface area contributed by atoms with Crippen LogP contribution in [-0.2, 0) is 9.53 Å². The predicted molar refractivity (Wildman–Crippen MR) is 109 cm³/mol. The van der Waals surface area contributed by atoms with Crippen molar-refractivity contribution in [2.24, 2.45) is 5.92 Å². The number of ether oxygens (including phenoxy) is 2. The molecule has 0 aliphatic carbocycles. The summed E-state index contributed by atoms with van der Waals surface area (Å²) in [4.78, 5) is 22.8. The summed E-state index contributed by atoms with van der Waals surface area (Å²) in [7, 11) is 1.62. The van der Waals surface area contributed by atoms with Crippen molar-refractivity contribution in [1.82, 2.24) is 9.97 Å². The van der Waals surface area contributed by atoms with Gasteiger partial charge in [-0.3, -0.25) is 4.79 Å². The molecule has 0 amide bonds. The molecule has 1 unspecified atom stereocenters. The third-order valence-electron chi connectivity index (χ3n) is 4.81. The van der Waals surface area contributed by atoms with Gasteiger partial charge < -0.3 is 25.4 Å². The van der Waals surface area contributed by atoms with Gasteiger partial charge in [0.1, 0.15) is 17.8 Å². The van der Waals surface area contributed by atoms with E-state index in [0.29, 0.717) is 36.2 Å². The molecule has 3 rings (SSSR count). The number of nitrogens with one attached hydrogen (secondary N) is 1. The predicted octanol–water partition coefficient (Wildman–Crippen LogP) is 2.90. The Bertz CT molecular complexity index is 843. The van der Waals surface area contributed by atoms with E-state index in [2.05, 4.69) is 15.3 Å². The minimum atomic E-state index is -0.170. The van der Waals surface area contributed by atoms with Gasteiger partial charge in [-0.25, -0.2) is 9.97 Å². The summed E-state index contributed by atoms with van der Waals surface area (Å²) >= 11 is 0. The van der Waals surface area contributed by atoms with Crippen molar-refractivity contribution in [2.75, 3.05) is 42.8 Å². The van der Waals surface area contributed by atoms with Crippen LogP contribution in [0.25, 0.3) is 0 Å². The van der Waals surface area contributed by atoms with Crippen molar-refractivity contribution in [1.29, 1.82) is 0 Å². The van der Waals surface area contributed by atoms with Crippen molar-refractivity contribution < 1.29 is 14.3 Å². The van der Waals surface area contributed by atoms with Crippen LogP contribution in [0.2, 0.25) is 0 Å². The van der Waals surface area contributed by atoms with Crippen LogP contribution in [0.15, 0.2) is 24.5 Å². The van der Waals surface area contributed by atoms with Gasteiger partial charge in [0.15, 0.2) is 11.6 Å². The molecular formula is C20H27N5O3. The fraction of sp³-hybridized carbons (Fsp3) is 0.450. The number of anilines is 4. The zero-order chi connectivity index (χ0) is 20.1. The molecule has 0 saturated carbocycles. The highest BCUT2D eigenvalue weighted by Gasteiger charge is 2.29. The number of rotatable bonds is 6. The quantitative estimate of drug-likeness (QED) is 0.732. The first-order valence-electron chi connectivity index (χ1n) is 9.47. The number of aromatic nitrogens is 2. The number of methoxy groups -OCH3 is 1. The van der Waals surface area contributed by atoms with E-state index in [1.807, 2.05) is 36.9 Å². The Morgan fingerprint density at radius 3 is 2.96 bits per heavy atom. The fourth-order valence-corrected chi connectivity index (χ4v) is 3.41. The number of carbonyl (C=O) groups excluding carboxylic acids is 1. The maximum absolute atomic E-state index is 12.1. The van der Waals surface area contributed by atoms with E-state index >= 15 is 0 Å². The van der Waals surface area contributed by atoms with Crippen LogP contribution in [0.5, 0.6) is 5.75 Å². The van der Waals surface area contributed by atoms with Gasteiger partial charge >= 0.3 is 5.97 Å². The highest BCUT2D eigenvalue weighted by atomic mass is 16.5. The SMILES string of the molecule is CCOC(=O)C1CCCN(c2ncnc(Nc3cc(C)ccc3OC)c2N)C1. The largest absolute Gasteiger partial charge is 0.495 e. The maximum atomic E-state index is 12.1. The van der Waals surface area contributed by atoms with E-state index in [-0.39, 0.29) is 11.9 Å². The second kappa shape index (κ2) is 8.77. The molecule has 28 heavy (non-hydrogen) atoms. The number of hydrogen-bond acceptors (Lipinski definition) is 8. The van der Waals surface area contributed by atoms with Gasteiger partial charge in [-0.1, -0.05) is 6.07 Å². The molecule has 3 N–H and O–H groups in total. The van der Waals surface area contributed by atoms with E-state index in [4.69, 9.17) is 15.2 Å². The van der Waals surface area contributed by atoms with Gasteiger partial charge in [0, 0.05) is 13.1 Å². The number of nitrogens with two attached hydrogens (primary N) is 1. The number of carbonyl (C=O) groups is 1. The third kappa shape index (κ3) is 4.27. The van der Waals surface area contributed by atoms with Crippen LogP contribution >= 0.6 is 0 Å². The van der Waals surface area contributed by atoms with E-state index in [1.54, 1.807) is 7.11 Å². The molecule has 2 heterocycles. The molecule has 0 bridgehead atoms. The Balaban J connectivity index is 1.83. The zero-order valence-electron chi connectivity index (χ0n) is 16.6. The number of hydrogen-bond donors (Lipinski definition) is 2. The molecule has 1 aromatic heterocycles. The highest BCUT2D eigenvalue weighted by molar-refractivity contribution is 5.80. The Hall–Kier alpha value is -3.03. The maximum Gasteiger partial charge on any atom is 0.310 e. The number of aryl methyl sites for hydroxylation is 1. The first-order valence-corrected chi connectivity index (χ1v) is 9.47. The zero-order valence-corrected chi connectivity index (χ0v) is 16.6. The molecule has 8 nitrogen and oxygen atoms in total. The van der Waals surface area contributed by atoms with E-state index < -0.39 is 0 Å². The second-order valence-corrected chi connectivity index (χ2v) is 6.83. The van der Waals surface area contributed by atoms with Crippen LogP contribution in [0.3, 0.4) is 0 Å². The molecule has 1 aliphatic heterocycles. The molecule has 1 aromatic carbocycles. The molecule has 1 aliphatic rings. The van der Waals surface area contributed by atoms with Crippen molar-refractivity contribution in [3.8, 4) is 5.75 Å².